The van der Waals surface area contributed by atoms with E-state index >= 15 is 0 Å². The summed E-state index contributed by atoms with van der Waals surface area (Å²) < 4.78 is 5.47. The van der Waals surface area contributed by atoms with Crippen LogP contribution in [0.25, 0.3) is 0 Å². The smallest absolute Gasteiger partial charge is 0.308 e. The minimum Gasteiger partial charge on any atom is -0.465 e. The van der Waals surface area contributed by atoms with E-state index in [0.717, 1.165) is 38.5 Å². The number of unbranched alkanes of at least 4 members (excludes halogenated alkanes) is 3. The van der Waals surface area contributed by atoms with E-state index in [1.54, 1.807) is 0 Å². The van der Waals surface area contributed by atoms with Crippen LogP contribution in [0.15, 0.2) is 0 Å². The SMILES string of the molecule is CCCCCC(CCCC)C(=O)OCCC(C)(C)C. The normalized spacial score (nSPS) is 13.3. The highest BCUT2D eigenvalue weighted by Gasteiger charge is 2.20. The van der Waals surface area contributed by atoms with Crippen LogP contribution in [0.3, 0.4) is 0 Å². The van der Waals surface area contributed by atoms with Gasteiger partial charge in [-0.2, -0.15) is 0 Å². The van der Waals surface area contributed by atoms with Gasteiger partial charge in [-0.1, -0.05) is 66.7 Å². The molecule has 0 N–H and O–H groups in total. The molecule has 2 heteroatoms. The largest absolute Gasteiger partial charge is 0.465 e. The molecule has 0 bridgehead atoms. The third kappa shape index (κ3) is 11.0. The number of hydrogen-bond acceptors (Lipinski definition) is 2. The Morgan fingerprint density at radius 2 is 1.58 bits per heavy atom. The fraction of sp³-hybridized carbons (Fsp3) is 0.941. The van der Waals surface area contributed by atoms with Gasteiger partial charge in [-0.05, 0) is 24.7 Å². The molecule has 0 amide bonds. The van der Waals surface area contributed by atoms with E-state index in [1.807, 2.05) is 0 Å². The second kappa shape index (κ2) is 10.3. The maximum absolute atomic E-state index is 12.1. The van der Waals surface area contributed by atoms with Crippen molar-refractivity contribution in [1.82, 2.24) is 0 Å². The quantitative estimate of drug-likeness (QED) is 0.395. The van der Waals surface area contributed by atoms with Gasteiger partial charge < -0.3 is 4.74 Å². The van der Waals surface area contributed by atoms with Crippen LogP contribution in [0.2, 0.25) is 0 Å². The van der Waals surface area contributed by atoms with E-state index in [0.29, 0.717) is 6.61 Å². The van der Waals surface area contributed by atoms with Crippen LogP contribution >= 0.6 is 0 Å². The maximum Gasteiger partial charge on any atom is 0.308 e. The Bertz CT molecular complexity index is 228. The van der Waals surface area contributed by atoms with E-state index in [9.17, 15) is 4.79 Å². The predicted octanol–water partition coefficient (Wildman–Crippen LogP) is 5.35. The van der Waals surface area contributed by atoms with Gasteiger partial charge in [0.05, 0.1) is 12.5 Å². The highest BCUT2D eigenvalue weighted by Crippen LogP contribution is 2.21. The van der Waals surface area contributed by atoms with Crippen LogP contribution in [-0.2, 0) is 9.53 Å². The Morgan fingerprint density at radius 3 is 2.11 bits per heavy atom. The molecule has 0 saturated heterocycles. The molecule has 0 aromatic carbocycles. The van der Waals surface area contributed by atoms with Gasteiger partial charge >= 0.3 is 5.97 Å². The van der Waals surface area contributed by atoms with Crippen molar-refractivity contribution in [3.8, 4) is 0 Å². The Hall–Kier alpha value is -0.530. The molecule has 0 radical (unpaired) electrons. The van der Waals surface area contributed by atoms with Crippen LogP contribution in [0, 0.1) is 11.3 Å². The minimum absolute atomic E-state index is 0.0359. The summed E-state index contributed by atoms with van der Waals surface area (Å²) in [6.45, 7) is 11.5. The van der Waals surface area contributed by atoms with E-state index in [-0.39, 0.29) is 17.3 Å². The van der Waals surface area contributed by atoms with E-state index in [1.165, 1.54) is 12.8 Å². The zero-order valence-electron chi connectivity index (χ0n) is 13.8. The third-order valence-electron chi connectivity index (χ3n) is 3.49. The molecular formula is C17H34O2. The number of carbonyl (C=O) groups is 1. The lowest BCUT2D eigenvalue weighted by atomic mass is 9.93. The Labute approximate surface area is 120 Å². The molecule has 0 saturated carbocycles. The van der Waals surface area contributed by atoms with Crippen LogP contribution in [0.4, 0.5) is 0 Å². The molecule has 0 aliphatic heterocycles. The highest BCUT2D eigenvalue weighted by atomic mass is 16.5. The summed E-state index contributed by atoms with van der Waals surface area (Å²) >= 11 is 0. The van der Waals surface area contributed by atoms with Gasteiger partial charge in [0.1, 0.15) is 0 Å². The number of hydrogen-bond donors (Lipinski definition) is 0. The molecular weight excluding hydrogens is 236 g/mol. The molecule has 19 heavy (non-hydrogen) atoms. The summed E-state index contributed by atoms with van der Waals surface area (Å²) in [6, 6.07) is 0. The zero-order valence-corrected chi connectivity index (χ0v) is 13.8. The van der Waals surface area contributed by atoms with Crippen LogP contribution in [-0.4, -0.2) is 12.6 Å². The molecule has 0 spiro atoms. The first-order chi connectivity index (χ1) is 8.90. The molecule has 114 valence electrons. The van der Waals surface area contributed by atoms with Gasteiger partial charge in [0.2, 0.25) is 0 Å². The average molecular weight is 270 g/mol. The number of ether oxygens (including phenoxy) is 1. The lowest BCUT2D eigenvalue weighted by molar-refractivity contribution is -0.149. The molecule has 0 aromatic heterocycles. The average Bonchev–Trinajstić information content (AvgIpc) is 2.31. The number of carbonyl (C=O) groups excluding carboxylic acids is 1. The van der Waals surface area contributed by atoms with Crippen molar-refractivity contribution in [2.24, 2.45) is 11.3 Å². The van der Waals surface area contributed by atoms with Crippen molar-refractivity contribution in [2.45, 2.75) is 86.0 Å². The van der Waals surface area contributed by atoms with Crippen molar-refractivity contribution in [3.05, 3.63) is 0 Å². The van der Waals surface area contributed by atoms with E-state index in [4.69, 9.17) is 4.74 Å². The fourth-order valence-electron chi connectivity index (χ4n) is 2.05. The van der Waals surface area contributed by atoms with Crippen LogP contribution < -0.4 is 0 Å². The van der Waals surface area contributed by atoms with E-state index in [2.05, 4.69) is 34.6 Å². The predicted molar refractivity (Wildman–Crippen MR) is 82.2 cm³/mol. The number of esters is 1. The summed E-state index contributed by atoms with van der Waals surface area (Å²) in [5.74, 6) is 0.167. The van der Waals surface area contributed by atoms with Gasteiger partial charge in [0, 0.05) is 0 Å². The van der Waals surface area contributed by atoms with Gasteiger partial charge in [-0.25, -0.2) is 0 Å². The van der Waals surface area contributed by atoms with Crippen molar-refractivity contribution in [2.75, 3.05) is 6.61 Å². The molecule has 0 aromatic rings. The fourth-order valence-corrected chi connectivity index (χ4v) is 2.05. The lowest BCUT2D eigenvalue weighted by Gasteiger charge is -2.20. The monoisotopic (exact) mass is 270 g/mol. The molecule has 0 rings (SSSR count). The second-order valence-electron chi connectivity index (χ2n) is 6.81. The summed E-state index contributed by atoms with van der Waals surface area (Å²) in [7, 11) is 0. The summed E-state index contributed by atoms with van der Waals surface area (Å²) in [5.41, 5.74) is 0.238. The van der Waals surface area contributed by atoms with Crippen molar-refractivity contribution < 1.29 is 9.53 Å². The Kier molecular flexibility index (Phi) is 9.99. The topological polar surface area (TPSA) is 26.3 Å². The maximum atomic E-state index is 12.1. The lowest BCUT2D eigenvalue weighted by Crippen LogP contribution is -2.20. The minimum atomic E-state index is 0.0359. The summed E-state index contributed by atoms with van der Waals surface area (Å²) in [4.78, 5) is 12.1. The molecule has 2 nitrogen and oxygen atoms in total. The molecule has 0 aliphatic rings. The molecule has 1 atom stereocenters. The summed E-state index contributed by atoms with van der Waals surface area (Å²) in [6.07, 6.45) is 8.80. The Morgan fingerprint density at radius 1 is 1.00 bits per heavy atom. The first-order valence-electron chi connectivity index (χ1n) is 8.07. The highest BCUT2D eigenvalue weighted by molar-refractivity contribution is 5.72. The van der Waals surface area contributed by atoms with Crippen molar-refractivity contribution in [1.29, 1.82) is 0 Å². The standard InChI is InChI=1S/C17H34O2/c1-6-8-10-12-15(11-9-7-2)16(18)19-14-13-17(3,4)5/h15H,6-14H2,1-5H3. The van der Waals surface area contributed by atoms with E-state index < -0.39 is 0 Å². The molecule has 1 unspecified atom stereocenters. The van der Waals surface area contributed by atoms with Crippen LogP contribution in [0.1, 0.15) is 86.0 Å². The zero-order chi connectivity index (χ0) is 14.7. The molecule has 0 fully saturated rings. The first kappa shape index (κ1) is 18.5. The second-order valence-corrected chi connectivity index (χ2v) is 6.81. The molecule has 0 heterocycles. The van der Waals surface area contributed by atoms with Crippen molar-refractivity contribution >= 4 is 5.97 Å². The van der Waals surface area contributed by atoms with Gasteiger partial charge in [0.15, 0.2) is 0 Å². The first-order valence-corrected chi connectivity index (χ1v) is 8.07. The number of rotatable bonds is 10. The summed E-state index contributed by atoms with van der Waals surface area (Å²) in [5, 5.41) is 0. The van der Waals surface area contributed by atoms with Gasteiger partial charge in [0.25, 0.3) is 0 Å². The van der Waals surface area contributed by atoms with Gasteiger partial charge in [-0.3, -0.25) is 4.79 Å². The Balaban J connectivity index is 4.06. The van der Waals surface area contributed by atoms with Crippen LogP contribution in [0.5, 0.6) is 0 Å². The van der Waals surface area contributed by atoms with Gasteiger partial charge in [-0.15, -0.1) is 0 Å². The molecule has 0 aliphatic carbocycles. The van der Waals surface area contributed by atoms with Crippen molar-refractivity contribution in [3.63, 3.8) is 0 Å². The third-order valence-corrected chi connectivity index (χ3v) is 3.49.